The molecule has 0 aromatic carbocycles. The first kappa shape index (κ1) is 11.1. The molecule has 5 heteroatoms. The Hall–Kier alpha value is -0.940. The summed E-state index contributed by atoms with van der Waals surface area (Å²) in [6.45, 7) is 0.0745. The van der Waals surface area contributed by atoms with E-state index in [-0.39, 0.29) is 24.5 Å². The summed E-state index contributed by atoms with van der Waals surface area (Å²) in [7, 11) is 1.45. The van der Waals surface area contributed by atoms with E-state index in [0.29, 0.717) is 4.47 Å². The van der Waals surface area contributed by atoms with E-state index in [0.717, 1.165) is 0 Å². The van der Waals surface area contributed by atoms with Crippen LogP contribution in [-0.2, 0) is 16.1 Å². The maximum absolute atomic E-state index is 11.4. The Balaban J connectivity index is 2.82. The van der Waals surface area contributed by atoms with Crippen LogP contribution in [0.2, 0.25) is 0 Å². The van der Waals surface area contributed by atoms with Crippen LogP contribution < -0.4 is 5.56 Å². The predicted molar refractivity (Wildman–Crippen MR) is 55.3 cm³/mol. The number of halogens is 1. The van der Waals surface area contributed by atoms with Gasteiger partial charge in [0, 0.05) is 13.3 Å². The third-order valence-electron chi connectivity index (χ3n) is 1.63. The van der Waals surface area contributed by atoms with Crippen LogP contribution in [0.1, 0.15) is 0 Å². The van der Waals surface area contributed by atoms with Crippen molar-refractivity contribution < 1.29 is 9.53 Å². The lowest BCUT2D eigenvalue weighted by atomic mass is 10.4. The molecular formula is C9H10BrNO3. The minimum absolute atomic E-state index is 0.0267. The van der Waals surface area contributed by atoms with Crippen molar-refractivity contribution in [3.05, 3.63) is 33.2 Å². The number of aromatic nitrogens is 1. The minimum atomic E-state index is -0.211. The Labute approximate surface area is 89.6 Å². The number of hydrogen-bond acceptors (Lipinski definition) is 3. The first-order valence-electron chi connectivity index (χ1n) is 4.00. The van der Waals surface area contributed by atoms with E-state index < -0.39 is 0 Å². The van der Waals surface area contributed by atoms with Gasteiger partial charge in [0.1, 0.15) is 6.61 Å². The lowest BCUT2D eigenvalue weighted by Gasteiger charge is -2.03. The minimum Gasteiger partial charge on any atom is -0.377 e. The van der Waals surface area contributed by atoms with Crippen LogP contribution in [0.3, 0.4) is 0 Å². The quantitative estimate of drug-likeness (QED) is 0.805. The molecule has 4 nitrogen and oxygen atoms in total. The first-order valence-corrected chi connectivity index (χ1v) is 4.80. The monoisotopic (exact) mass is 259 g/mol. The second-order valence-corrected chi connectivity index (χ2v) is 3.62. The van der Waals surface area contributed by atoms with Gasteiger partial charge >= 0.3 is 0 Å². The fourth-order valence-electron chi connectivity index (χ4n) is 1.03. The topological polar surface area (TPSA) is 48.3 Å². The van der Waals surface area contributed by atoms with Crippen molar-refractivity contribution in [3.8, 4) is 0 Å². The molecule has 14 heavy (non-hydrogen) atoms. The van der Waals surface area contributed by atoms with Gasteiger partial charge in [-0.1, -0.05) is 0 Å². The van der Waals surface area contributed by atoms with E-state index in [1.807, 2.05) is 0 Å². The van der Waals surface area contributed by atoms with Gasteiger partial charge in [-0.15, -0.1) is 0 Å². The van der Waals surface area contributed by atoms with Gasteiger partial charge in [-0.3, -0.25) is 9.59 Å². The third-order valence-corrected chi connectivity index (χ3v) is 2.23. The van der Waals surface area contributed by atoms with Crippen LogP contribution in [0.25, 0.3) is 0 Å². The maximum atomic E-state index is 11.4. The Kier molecular flexibility index (Phi) is 4.03. The van der Waals surface area contributed by atoms with Crippen molar-refractivity contribution in [2.24, 2.45) is 0 Å². The highest BCUT2D eigenvalue weighted by Gasteiger charge is 2.05. The molecule has 0 aliphatic carbocycles. The van der Waals surface area contributed by atoms with Crippen LogP contribution in [0, 0.1) is 0 Å². The largest absolute Gasteiger partial charge is 0.377 e. The second-order valence-electron chi connectivity index (χ2n) is 2.76. The predicted octanol–water partition coefficient (Wildman–Crippen LogP) is 0.826. The van der Waals surface area contributed by atoms with Crippen molar-refractivity contribution in [1.29, 1.82) is 0 Å². The second kappa shape index (κ2) is 5.07. The van der Waals surface area contributed by atoms with E-state index in [2.05, 4.69) is 20.7 Å². The summed E-state index contributed by atoms with van der Waals surface area (Å²) in [6.07, 6.45) is 1.57. The number of rotatable bonds is 4. The number of ether oxygens (including phenoxy) is 1. The molecule has 1 rings (SSSR count). The SMILES string of the molecule is COCC(=O)Cn1cccc(Br)c1=O. The van der Waals surface area contributed by atoms with Gasteiger partial charge in [-0.25, -0.2) is 0 Å². The fraction of sp³-hybridized carbons (Fsp3) is 0.333. The molecule has 0 N–H and O–H groups in total. The molecule has 0 radical (unpaired) electrons. The van der Waals surface area contributed by atoms with Crippen LogP contribution in [-0.4, -0.2) is 24.1 Å². The van der Waals surface area contributed by atoms with Crippen molar-refractivity contribution in [1.82, 2.24) is 4.57 Å². The van der Waals surface area contributed by atoms with Crippen LogP contribution in [0.4, 0.5) is 0 Å². The average molecular weight is 260 g/mol. The first-order chi connectivity index (χ1) is 6.65. The summed E-state index contributed by atoms with van der Waals surface area (Å²) in [4.78, 5) is 22.6. The molecule has 0 fully saturated rings. The number of methoxy groups -OCH3 is 1. The zero-order valence-corrected chi connectivity index (χ0v) is 9.28. The molecule has 0 unspecified atom stereocenters. The average Bonchev–Trinajstić information content (AvgIpc) is 2.13. The van der Waals surface area contributed by atoms with E-state index in [9.17, 15) is 9.59 Å². The fourth-order valence-corrected chi connectivity index (χ4v) is 1.41. The van der Waals surface area contributed by atoms with Gasteiger partial charge in [0.05, 0.1) is 11.0 Å². The molecule has 0 spiro atoms. The summed E-state index contributed by atoms with van der Waals surface area (Å²) in [5.41, 5.74) is -0.211. The zero-order chi connectivity index (χ0) is 10.6. The molecule has 0 aliphatic rings. The van der Waals surface area contributed by atoms with E-state index >= 15 is 0 Å². The highest BCUT2D eigenvalue weighted by molar-refractivity contribution is 9.10. The van der Waals surface area contributed by atoms with Crippen LogP contribution >= 0.6 is 15.9 Å². The third kappa shape index (κ3) is 2.78. The van der Waals surface area contributed by atoms with Crippen LogP contribution in [0.5, 0.6) is 0 Å². The van der Waals surface area contributed by atoms with E-state index in [1.54, 1.807) is 18.3 Å². The lowest BCUT2D eigenvalue weighted by Crippen LogP contribution is -2.25. The molecule has 0 saturated carbocycles. The normalized spacial score (nSPS) is 10.1. The van der Waals surface area contributed by atoms with Gasteiger partial charge in [0.2, 0.25) is 0 Å². The van der Waals surface area contributed by atoms with Gasteiger partial charge < -0.3 is 9.30 Å². The molecule has 0 atom stereocenters. The zero-order valence-electron chi connectivity index (χ0n) is 7.70. The Morgan fingerprint density at radius 2 is 2.36 bits per heavy atom. The molecule has 0 saturated heterocycles. The van der Waals surface area contributed by atoms with E-state index in [4.69, 9.17) is 0 Å². The summed E-state index contributed by atoms with van der Waals surface area (Å²) in [5.74, 6) is -0.132. The number of Topliss-reactive ketones (excluding diaryl/α,β-unsaturated/α-hetero) is 1. The van der Waals surface area contributed by atoms with Gasteiger partial charge in [0.25, 0.3) is 5.56 Å². The number of ketones is 1. The van der Waals surface area contributed by atoms with Crippen molar-refractivity contribution in [3.63, 3.8) is 0 Å². The molecule has 1 aromatic heterocycles. The van der Waals surface area contributed by atoms with Crippen molar-refractivity contribution in [2.45, 2.75) is 6.54 Å². The smallest absolute Gasteiger partial charge is 0.265 e. The molecule has 1 aromatic rings. The molecule has 0 amide bonds. The summed E-state index contributed by atoms with van der Waals surface area (Å²) in [5, 5.41) is 0. The van der Waals surface area contributed by atoms with Gasteiger partial charge in [-0.05, 0) is 28.1 Å². The highest BCUT2D eigenvalue weighted by Crippen LogP contribution is 2.00. The Morgan fingerprint density at radius 1 is 1.64 bits per heavy atom. The number of pyridine rings is 1. The Bertz CT molecular complexity index is 386. The molecule has 0 bridgehead atoms. The van der Waals surface area contributed by atoms with Gasteiger partial charge in [-0.2, -0.15) is 0 Å². The number of carbonyl (C=O) groups is 1. The molecule has 0 aliphatic heterocycles. The summed E-state index contributed by atoms with van der Waals surface area (Å²) in [6, 6.07) is 3.34. The van der Waals surface area contributed by atoms with Crippen molar-refractivity contribution in [2.75, 3.05) is 13.7 Å². The Morgan fingerprint density at radius 3 is 3.00 bits per heavy atom. The number of nitrogens with zero attached hydrogens (tertiary/aromatic N) is 1. The van der Waals surface area contributed by atoms with E-state index in [1.165, 1.54) is 11.7 Å². The highest BCUT2D eigenvalue weighted by atomic mass is 79.9. The molecular weight excluding hydrogens is 250 g/mol. The summed E-state index contributed by atoms with van der Waals surface area (Å²) >= 11 is 3.10. The van der Waals surface area contributed by atoms with Crippen LogP contribution in [0.15, 0.2) is 27.6 Å². The molecule has 1 heterocycles. The molecule has 76 valence electrons. The maximum Gasteiger partial charge on any atom is 0.265 e. The standard InChI is InChI=1S/C9H10BrNO3/c1-14-6-7(12)5-11-4-2-3-8(10)9(11)13/h2-4H,5-6H2,1H3. The lowest BCUT2D eigenvalue weighted by molar-refractivity contribution is -0.123. The van der Waals surface area contributed by atoms with Gasteiger partial charge in [0.15, 0.2) is 5.78 Å². The summed E-state index contributed by atoms with van der Waals surface area (Å²) < 4.78 is 6.46. The number of carbonyl (C=O) groups excluding carboxylic acids is 1. The van der Waals surface area contributed by atoms with Crippen molar-refractivity contribution >= 4 is 21.7 Å². The number of hydrogen-bond donors (Lipinski definition) is 0.